The molecule has 0 aliphatic rings. The fourth-order valence-corrected chi connectivity index (χ4v) is 1.39. The molecule has 0 atom stereocenters. The predicted molar refractivity (Wildman–Crippen MR) is 51.7 cm³/mol. The van der Waals surface area contributed by atoms with Crippen LogP contribution in [0.15, 0.2) is 28.9 Å². The summed E-state index contributed by atoms with van der Waals surface area (Å²) in [7, 11) is 0. The Hall–Kier alpha value is -2.04. The van der Waals surface area contributed by atoms with Gasteiger partial charge in [0.2, 0.25) is 5.76 Å². The van der Waals surface area contributed by atoms with Crippen molar-refractivity contribution < 1.29 is 14.3 Å². The van der Waals surface area contributed by atoms with Crippen molar-refractivity contribution in [1.29, 1.82) is 0 Å². The van der Waals surface area contributed by atoms with Crippen molar-refractivity contribution in [3.8, 4) is 0 Å². The summed E-state index contributed by atoms with van der Waals surface area (Å²) in [6.45, 7) is 2.15. The Labute approximate surface area is 85.9 Å². The SMILES string of the molecule is Cc1cc(Cn2cccn2)oc1C(=O)O. The quantitative estimate of drug-likeness (QED) is 0.826. The van der Waals surface area contributed by atoms with Crippen LogP contribution < -0.4 is 0 Å². The lowest BCUT2D eigenvalue weighted by Crippen LogP contribution is -1.98. The number of aromatic nitrogens is 2. The highest BCUT2D eigenvalue weighted by Crippen LogP contribution is 2.15. The standard InChI is InChI=1S/C10H10N2O3/c1-7-5-8(15-9(7)10(13)14)6-12-4-2-3-11-12/h2-5H,6H2,1H3,(H,13,14). The number of carboxylic acids is 1. The molecular formula is C10H10N2O3. The molecular weight excluding hydrogens is 196 g/mol. The van der Waals surface area contributed by atoms with E-state index in [9.17, 15) is 4.79 Å². The zero-order valence-electron chi connectivity index (χ0n) is 8.17. The number of hydrogen-bond donors (Lipinski definition) is 1. The highest BCUT2D eigenvalue weighted by molar-refractivity contribution is 5.86. The van der Waals surface area contributed by atoms with Crippen LogP contribution in [0.1, 0.15) is 21.9 Å². The highest BCUT2D eigenvalue weighted by Gasteiger charge is 2.14. The molecule has 0 unspecified atom stereocenters. The summed E-state index contributed by atoms with van der Waals surface area (Å²) < 4.78 is 6.86. The van der Waals surface area contributed by atoms with Crippen molar-refractivity contribution in [2.45, 2.75) is 13.5 Å². The van der Waals surface area contributed by atoms with Gasteiger partial charge in [-0.1, -0.05) is 0 Å². The largest absolute Gasteiger partial charge is 0.475 e. The van der Waals surface area contributed by atoms with E-state index in [-0.39, 0.29) is 5.76 Å². The molecule has 5 nitrogen and oxygen atoms in total. The Bertz CT molecular complexity index is 471. The number of carboxylic acid groups (broad SMARTS) is 1. The molecule has 2 heterocycles. The molecule has 0 amide bonds. The van der Waals surface area contributed by atoms with Gasteiger partial charge in [0.15, 0.2) is 0 Å². The van der Waals surface area contributed by atoms with Crippen molar-refractivity contribution >= 4 is 5.97 Å². The first-order chi connectivity index (χ1) is 7.16. The van der Waals surface area contributed by atoms with Crippen LogP contribution >= 0.6 is 0 Å². The molecule has 0 saturated heterocycles. The molecule has 0 aromatic carbocycles. The average Bonchev–Trinajstić information content (AvgIpc) is 2.75. The number of rotatable bonds is 3. The van der Waals surface area contributed by atoms with Gasteiger partial charge in [-0.05, 0) is 19.1 Å². The highest BCUT2D eigenvalue weighted by atomic mass is 16.4. The second-order valence-corrected chi connectivity index (χ2v) is 3.23. The van der Waals surface area contributed by atoms with E-state index < -0.39 is 5.97 Å². The lowest BCUT2D eigenvalue weighted by Gasteiger charge is -1.96. The topological polar surface area (TPSA) is 68.3 Å². The van der Waals surface area contributed by atoms with Gasteiger partial charge in [-0.15, -0.1) is 0 Å². The summed E-state index contributed by atoms with van der Waals surface area (Å²) in [6.07, 6.45) is 3.45. The third-order valence-corrected chi connectivity index (χ3v) is 2.04. The van der Waals surface area contributed by atoms with Crippen LogP contribution in [-0.4, -0.2) is 20.9 Å². The van der Waals surface area contributed by atoms with Crippen molar-refractivity contribution in [1.82, 2.24) is 9.78 Å². The molecule has 2 aromatic rings. The maximum atomic E-state index is 10.7. The Balaban J connectivity index is 2.23. The van der Waals surface area contributed by atoms with Gasteiger partial charge in [0.05, 0.1) is 6.54 Å². The van der Waals surface area contributed by atoms with Gasteiger partial charge in [-0.2, -0.15) is 5.10 Å². The molecule has 0 bridgehead atoms. The normalized spacial score (nSPS) is 10.5. The molecule has 1 N–H and O–H groups in total. The minimum absolute atomic E-state index is 0.00263. The molecule has 0 radical (unpaired) electrons. The van der Waals surface area contributed by atoms with E-state index in [1.165, 1.54) is 0 Å². The van der Waals surface area contributed by atoms with Gasteiger partial charge >= 0.3 is 5.97 Å². The Kier molecular flexibility index (Phi) is 2.29. The fourth-order valence-electron chi connectivity index (χ4n) is 1.39. The Morgan fingerprint density at radius 1 is 1.67 bits per heavy atom. The summed E-state index contributed by atoms with van der Waals surface area (Å²) in [6, 6.07) is 3.51. The fraction of sp³-hybridized carbons (Fsp3) is 0.200. The summed E-state index contributed by atoms with van der Waals surface area (Å²) in [5, 5.41) is 12.8. The molecule has 2 aromatic heterocycles. The van der Waals surface area contributed by atoms with Crippen LogP contribution in [0.5, 0.6) is 0 Å². The smallest absolute Gasteiger partial charge is 0.372 e. The van der Waals surface area contributed by atoms with Gasteiger partial charge in [0, 0.05) is 18.0 Å². The zero-order valence-corrected chi connectivity index (χ0v) is 8.17. The Morgan fingerprint density at radius 3 is 3.00 bits per heavy atom. The number of hydrogen-bond acceptors (Lipinski definition) is 3. The number of aromatic carboxylic acids is 1. The summed E-state index contributed by atoms with van der Waals surface area (Å²) in [5.74, 6) is -0.454. The molecule has 0 aliphatic carbocycles. The van der Waals surface area contributed by atoms with Gasteiger partial charge < -0.3 is 9.52 Å². The van der Waals surface area contributed by atoms with Crippen LogP contribution in [0.4, 0.5) is 0 Å². The van der Waals surface area contributed by atoms with Crippen molar-refractivity contribution in [2.24, 2.45) is 0 Å². The monoisotopic (exact) mass is 206 g/mol. The Morgan fingerprint density at radius 2 is 2.47 bits per heavy atom. The summed E-state index contributed by atoms with van der Waals surface area (Å²) >= 11 is 0. The first-order valence-corrected chi connectivity index (χ1v) is 4.47. The van der Waals surface area contributed by atoms with E-state index >= 15 is 0 Å². The number of nitrogens with zero attached hydrogens (tertiary/aromatic N) is 2. The predicted octanol–water partition coefficient (Wildman–Crippen LogP) is 1.53. The maximum absolute atomic E-state index is 10.7. The van der Waals surface area contributed by atoms with Crippen LogP contribution in [0, 0.1) is 6.92 Å². The van der Waals surface area contributed by atoms with Crippen molar-refractivity contribution in [3.63, 3.8) is 0 Å². The third-order valence-electron chi connectivity index (χ3n) is 2.04. The van der Waals surface area contributed by atoms with Crippen LogP contribution in [-0.2, 0) is 6.54 Å². The average molecular weight is 206 g/mol. The minimum Gasteiger partial charge on any atom is -0.475 e. The second kappa shape index (κ2) is 3.61. The summed E-state index contributed by atoms with van der Waals surface area (Å²) in [4.78, 5) is 10.7. The first-order valence-electron chi connectivity index (χ1n) is 4.47. The van der Waals surface area contributed by atoms with E-state index in [2.05, 4.69) is 5.10 Å². The van der Waals surface area contributed by atoms with E-state index in [4.69, 9.17) is 9.52 Å². The van der Waals surface area contributed by atoms with Crippen molar-refractivity contribution in [2.75, 3.05) is 0 Å². The van der Waals surface area contributed by atoms with E-state index in [1.54, 1.807) is 36.1 Å². The number of carbonyl (C=O) groups is 1. The molecule has 78 valence electrons. The molecule has 2 rings (SSSR count). The minimum atomic E-state index is -1.04. The first kappa shape index (κ1) is 9.51. The van der Waals surface area contributed by atoms with Gasteiger partial charge in [0.1, 0.15) is 5.76 Å². The van der Waals surface area contributed by atoms with Crippen LogP contribution in [0.3, 0.4) is 0 Å². The molecule has 15 heavy (non-hydrogen) atoms. The van der Waals surface area contributed by atoms with Crippen molar-refractivity contribution in [3.05, 3.63) is 41.6 Å². The lowest BCUT2D eigenvalue weighted by molar-refractivity contribution is 0.0659. The molecule has 5 heteroatoms. The molecule has 0 spiro atoms. The lowest BCUT2D eigenvalue weighted by atomic mass is 10.2. The van der Waals surface area contributed by atoms with E-state index in [1.807, 2.05) is 0 Å². The number of aryl methyl sites for hydroxylation is 1. The van der Waals surface area contributed by atoms with E-state index in [0.717, 1.165) is 0 Å². The van der Waals surface area contributed by atoms with Crippen LogP contribution in [0.2, 0.25) is 0 Å². The third kappa shape index (κ3) is 1.90. The zero-order chi connectivity index (χ0) is 10.8. The van der Waals surface area contributed by atoms with E-state index in [0.29, 0.717) is 17.9 Å². The van der Waals surface area contributed by atoms with Crippen LogP contribution in [0.25, 0.3) is 0 Å². The van der Waals surface area contributed by atoms with Gasteiger partial charge in [-0.3, -0.25) is 4.68 Å². The molecule has 0 aliphatic heterocycles. The van der Waals surface area contributed by atoms with Gasteiger partial charge in [-0.25, -0.2) is 4.79 Å². The number of furan rings is 1. The molecule has 0 fully saturated rings. The maximum Gasteiger partial charge on any atom is 0.372 e. The second-order valence-electron chi connectivity index (χ2n) is 3.23. The molecule has 0 saturated carbocycles. The summed E-state index contributed by atoms with van der Waals surface area (Å²) in [5.41, 5.74) is 0.629. The van der Waals surface area contributed by atoms with Gasteiger partial charge in [0.25, 0.3) is 0 Å².